The van der Waals surface area contributed by atoms with Crippen molar-refractivity contribution in [2.75, 3.05) is 0 Å². The number of thiophene rings is 1. The van der Waals surface area contributed by atoms with Gasteiger partial charge in [0.1, 0.15) is 11.3 Å². The second-order valence-corrected chi connectivity index (χ2v) is 6.45. The fourth-order valence-electron chi connectivity index (χ4n) is 2.67. The molecule has 0 aliphatic rings. The Bertz CT molecular complexity index is 800. The van der Waals surface area contributed by atoms with Crippen molar-refractivity contribution < 1.29 is 9.32 Å². The van der Waals surface area contributed by atoms with Gasteiger partial charge in [-0.25, -0.2) is 0 Å². The lowest BCUT2D eigenvalue weighted by Gasteiger charge is -2.13. The van der Waals surface area contributed by atoms with Crippen LogP contribution in [0.4, 0.5) is 0 Å². The summed E-state index contributed by atoms with van der Waals surface area (Å²) in [5.74, 6) is 0.437. The lowest BCUT2D eigenvalue weighted by molar-refractivity contribution is 0.0938. The summed E-state index contributed by atoms with van der Waals surface area (Å²) in [6, 6.07) is 8.39. The average Bonchev–Trinajstić information content (AvgIpc) is 3.03. The first-order valence-corrected chi connectivity index (χ1v) is 8.13. The maximum Gasteiger partial charge on any atom is 0.257 e. The van der Waals surface area contributed by atoms with Crippen molar-refractivity contribution in [1.82, 2.24) is 10.5 Å². The number of aromatic nitrogens is 1. The van der Waals surface area contributed by atoms with Crippen LogP contribution in [-0.4, -0.2) is 17.1 Å². The third-order valence-corrected chi connectivity index (χ3v) is 4.74. The number of nitrogens with one attached hydrogen (secondary N) is 1. The second-order valence-electron chi connectivity index (χ2n) is 5.53. The van der Waals surface area contributed by atoms with Crippen LogP contribution in [0.2, 0.25) is 0 Å². The Morgan fingerprint density at radius 1 is 1.36 bits per heavy atom. The molecule has 22 heavy (non-hydrogen) atoms. The molecule has 1 N–H and O–H groups in total. The maximum absolute atomic E-state index is 12.3. The molecule has 1 amide bonds. The summed E-state index contributed by atoms with van der Waals surface area (Å²) in [5, 5.41) is 10.3. The lowest BCUT2D eigenvalue weighted by atomic mass is 10.1. The van der Waals surface area contributed by atoms with Crippen LogP contribution < -0.4 is 5.32 Å². The van der Waals surface area contributed by atoms with Crippen molar-refractivity contribution in [2.24, 2.45) is 0 Å². The molecule has 0 aliphatic carbocycles. The molecule has 0 bridgehead atoms. The van der Waals surface area contributed by atoms with Crippen molar-refractivity contribution in [3.63, 3.8) is 0 Å². The molecule has 0 saturated carbocycles. The highest BCUT2D eigenvalue weighted by Crippen LogP contribution is 2.26. The molecule has 2 heterocycles. The second kappa shape index (κ2) is 5.93. The molecule has 0 radical (unpaired) electrons. The first-order valence-electron chi connectivity index (χ1n) is 7.25. The van der Waals surface area contributed by atoms with Gasteiger partial charge < -0.3 is 9.84 Å². The molecule has 4 nitrogen and oxygen atoms in total. The topological polar surface area (TPSA) is 55.1 Å². The van der Waals surface area contributed by atoms with Crippen LogP contribution in [0.1, 0.15) is 34.3 Å². The zero-order chi connectivity index (χ0) is 15.7. The Morgan fingerprint density at radius 3 is 2.86 bits per heavy atom. The van der Waals surface area contributed by atoms with Gasteiger partial charge in [-0.05, 0) is 49.6 Å². The molecule has 114 valence electrons. The monoisotopic (exact) mass is 314 g/mol. The van der Waals surface area contributed by atoms with Crippen molar-refractivity contribution in [1.29, 1.82) is 0 Å². The first kappa shape index (κ1) is 14.8. The minimum absolute atomic E-state index is 0.0409. The van der Waals surface area contributed by atoms with Gasteiger partial charge in [-0.1, -0.05) is 23.4 Å². The predicted octanol–water partition coefficient (Wildman–Crippen LogP) is 3.87. The van der Waals surface area contributed by atoms with Gasteiger partial charge in [0, 0.05) is 10.7 Å². The molecule has 0 aliphatic heterocycles. The van der Waals surface area contributed by atoms with Crippen LogP contribution in [0.3, 0.4) is 0 Å². The Kier molecular flexibility index (Phi) is 3.98. The van der Waals surface area contributed by atoms with Gasteiger partial charge in [0.2, 0.25) is 0 Å². The van der Waals surface area contributed by atoms with E-state index in [0.29, 0.717) is 17.0 Å². The molecular weight excluding hydrogens is 296 g/mol. The van der Waals surface area contributed by atoms with Gasteiger partial charge >= 0.3 is 0 Å². The van der Waals surface area contributed by atoms with E-state index in [1.54, 1.807) is 25.2 Å². The normalized spacial score (nSPS) is 12.5. The summed E-state index contributed by atoms with van der Waals surface area (Å²) < 4.78 is 6.33. The maximum atomic E-state index is 12.3. The molecule has 0 unspecified atom stereocenters. The molecule has 5 heteroatoms. The number of amides is 1. The third-order valence-electron chi connectivity index (χ3n) is 3.73. The number of benzene rings is 1. The van der Waals surface area contributed by atoms with Crippen LogP contribution in [0.15, 0.2) is 34.2 Å². The standard InChI is InChI=1S/C17H18N2O2S/c1-10(18-17(20)16-11(2)19-21-12(16)3)8-13-9-22-15-7-5-4-6-14(13)15/h4-7,9-10H,8H2,1-3H3,(H,18,20)/t10-/m1/s1. The van der Waals surface area contributed by atoms with E-state index < -0.39 is 0 Å². The van der Waals surface area contributed by atoms with Crippen LogP contribution in [-0.2, 0) is 6.42 Å². The van der Waals surface area contributed by atoms with E-state index in [-0.39, 0.29) is 11.9 Å². The summed E-state index contributed by atoms with van der Waals surface area (Å²) in [6.45, 7) is 5.55. The Balaban J connectivity index is 1.73. The third kappa shape index (κ3) is 2.76. The Labute approximate surface area is 133 Å². The Morgan fingerprint density at radius 2 is 2.14 bits per heavy atom. The molecule has 3 rings (SSSR count). The highest BCUT2D eigenvalue weighted by Gasteiger charge is 2.19. The summed E-state index contributed by atoms with van der Waals surface area (Å²) in [5.41, 5.74) is 2.44. The quantitative estimate of drug-likeness (QED) is 0.795. The molecule has 2 aromatic heterocycles. The van der Waals surface area contributed by atoms with Crippen molar-refractivity contribution in [3.05, 3.63) is 52.2 Å². The average molecular weight is 314 g/mol. The van der Waals surface area contributed by atoms with E-state index in [9.17, 15) is 4.79 Å². The summed E-state index contributed by atoms with van der Waals surface area (Å²) in [7, 11) is 0. The highest BCUT2D eigenvalue weighted by atomic mass is 32.1. The molecule has 1 aromatic carbocycles. The molecule has 3 aromatic rings. The van der Waals surface area contributed by atoms with Gasteiger partial charge in [-0.3, -0.25) is 4.79 Å². The van der Waals surface area contributed by atoms with Gasteiger partial charge in [0.05, 0.1) is 5.69 Å². The van der Waals surface area contributed by atoms with Crippen molar-refractivity contribution in [2.45, 2.75) is 33.2 Å². The zero-order valence-electron chi connectivity index (χ0n) is 12.8. The lowest BCUT2D eigenvalue weighted by Crippen LogP contribution is -2.34. The number of hydrogen-bond donors (Lipinski definition) is 1. The van der Waals surface area contributed by atoms with Crippen LogP contribution in [0.25, 0.3) is 10.1 Å². The van der Waals surface area contributed by atoms with Gasteiger partial charge in [-0.2, -0.15) is 0 Å². The van der Waals surface area contributed by atoms with E-state index in [1.165, 1.54) is 15.6 Å². The van der Waals surface area contributed by atoms with Crippen LogP contribution >= 0.6 is 11.3 Å². The summed E-state index contributed by atoms with van der Waals surface area (Å²) in [4.78, 5) is 12.3. The van der Waals surface area contributed by atoms with E-state index in [2.05, 4.69) is 28.0 Å². The van der Waals surface area contributed by atoms with E-state index >= 15 is 0 Å². The van der Waals surface area contributed by atoms with E-state index in [1.807, 2.05) is 19.1 Å². The molecular formula is C17H18N2O2S. The summed E-state index contributed by atoms with van der Waals surface area (Å²) >= 11 is 1.74. The molecule has 0 spiro atoms. The number of rotatable bonds is 4. The fourth-order valence-corrected chi connectivity index (χ4v) is 3.65. The summed E-state index contributed by atoms with van der Waals surface area (Å²) in [6.07, 6.45) is 0.805. The van der Waals surface area contributed by atoms with Crippen LogP contribution in [0.5, 0.6) is 0 Å². The number of hydrogen-bond acceptors (Lipinski definition) is 4. The minimum atomic E-state index is -0.122. The van der Waals surface area contributed by atoms with Gasteiger partial charge in [0.15, 0.2) is 0 Å². The van der Waals surface area contributed by atoms with Gasteiger partial charge in [0.25, 0.3) is 5.91 Å². The van der Waals surface area contributed by atoms with E-state index in [4.69, 9.17) is 4.52 Å². The van der Waals surface area contributed by atoms with Crippen molar-refractivity contribution >= 4 is 27.3 Å². The Hall–Kier alpha value is -2.14. The molecule has 1 atom stereocenters. The van der Waals surface area contributed by atoms with Crippen molar-refractivity contribution in [3.8, 4) is 0 Å². The highest BCUT2D eigenvalue weighted by molar-refractivity contribution is 7.17. The number of aryl methyl sites for hydroxylation is 2. The number of carbonyl (C=O) groups is 1. The predicted molar refractivity (Wildman–Crippen MR) is 88.4 cm³/mol. The van der Waals surface area contributed by atoms with E-state index in [0.717, 1.165) is 6.42 Å². The minimum Gasteiger partial charge on any atom is -0.361 e. The largest absolute Gasteiger partial charge is 0.361 e. The molecule has 0 fully saturated rings. The van der Waals surface area contributed by atoms with Crippen LogP contribution in [0, 0.1) is 13.8 Å². The fraction of sp³-hybridized carbons (Fsp3) is 0.294. The number of carbonyl (C=O) groups excluding carboxylic acids is 1. The van der Waals surface area contributed by atoms with Gasteiger partial charge in [-0.15, -0.1) is 11.3 Å². The molecule has 0 saturated heterocycles. The smallest absolute Gasteiger partial charge is 0.257 e. The SMILES string of the molecule is Cc1noc(C)c1C(=O)N[C@H](C)Cc1csc2ccccc12. The first-order chi connectivity index (χ1) is 10.6. The number of nitrogens with zero attached hydrogens (tertiary/aromatic N) is 1. The zero-order valence-corrected chi connectivity index (χ0v) is 13.7. The number of fused-ring (bicyclic) bond motifs is 1.